The van der Waals surface area contributed by atoms with Crippen LogP contribution in [0.3, 0.4) is 0 Å². The third kappa shape index (κ3) is 2.73. The van der Waals surface area contributed by atoms with Crippen molar-refractivity contribution in [3.63, 3.8) is 0 Å². The smallest absolute Gasteiger partial charge is 0.251 e. The number of phenolic OH excluding ortho intramolecular Hbond substituents is 1. The number of aryl methyl sites for hydroxylation is 1. The van der Waals surface area contributed by atoms with Gasteiger partial charge in [0.1, 0.15) is 5.75 Å². The molecule has 4 rings (SSSR count). The molecule has 1 fully saturated rings. The topological polar surface area (TPSA) is 62.5 Å². The normalized spacial score (nSPS) is 21.8. The number of carbonyl (C=O) groups is 1. The Morgan fingerprint density at radius 2 is 1.92 bits per heavy atom. The minimum atomic E-state index is 0.0178. The number of rotatable bonds is 1. The molecule has 5 nitrogen and oxygen atoms in total. The predicted molar refractivity (Wildman–Crippen MR) is 95.6 cm³/mol. The summed E-state index contributed by atoms with van der Waals surface area (Å²) in [5, 5.41) is 9.73. The van der Waals surface area contributed by atoms with Gasteiger partial charge in [-0.2, -0.15) is 0 Å². The summed E-state index contributed by atoms with van der Waals surface area (Å²) in [4.78, 5) is 26.4. The monoisotopic (exact) mass is 338 g/mol. The third-order valence-corrected chi connectivity index (χ3v) is 5.53. The summed E-state index contributed by atoms with van der Waals surface area (Å²) in [7, 11) is 0. The lowest BCUT2D eigenvalue weighted by Crippen LogP contribution is -2.48. The number of likely N-dealkylation sites (tertiary alicyclic amines) is 1. The lowest BCUT2D eigenvalue weighted by molar-refractivity contribution is -0.131. The van der Waals surface area contributed by atoms with Crippen molar-refractivity contribution >= 4 is 5.91 Å². The van der Waals surface area contributed by atoms with Gasteiger partial charge in [0.05, 0.1) is 0 Å². The average Bonchev–Trinajstić information content (AvgIpc) is 2.58. The number of aromatic hydroxyl groups is 1. The van der Waals surface area contributed by atoms with Gasteiger partial charge >= 0.3 is 0 Å². The molecule has 1 saturated heterocycles. The number of benzene rings is 1. The minimum absolute atomic E-state index is 0.0178. The highest BCUT2D eigenvalue weighted by atomic mass is 16.3. The van der Waals surface area contributed by atoms with E-state index in [-0.39, 0.29) is 23.1 Å². The number of carbonyl (C=O) groups excluding carboxylic acids is 1. The molecule has 2 aromatic rings. The number of hydrogen-bond acceptors (Lipinski definition) is 3. The minimum Gasteiger partial charge on any atom is -0.508 e. The van der Waals surface area contributed by atoms with Gasteiger partial charge in [-0.15, -0.1) is 0 Å². The first-order valence-corrected chi connectivity index (χ1v) is 8.72. The fourth-order valence-electron chi connectivity index (χ4n) is 4.22. The highest BCUT2D eigenvalue weighted by molar-refractivity contribution is 5.73. The summed E-state index contributed by atoms with van der Waals surface area (Å²) < 4.78 is 1.88. The lowest BCUT2D eigenvalue weighted by atomic mass is 9.82. The zero-order valence-corrected chi connectivity index (χ0v) is 14.5. The Morgan fingerprint density at radius 1 is 1.12 bits per heavy atom. The SMILES string of the molecule is CC(=O)N1C[C@@H]2C[C@H](C1)c1cc(-c3ccc(O)c(C)c3)cc(=O)n1C2. The van der Waals surface area contributed by atoms with Gasteiger partial charge < -0.3 is 14.6 Å². The molecule has 0 spiro atoms. The van der Waals surface area contributed by atoms with E-state index in [1.54, 1.807) is 19.1 Å². The molecule has 2 bridgehead atoms. The van der Waals surface area contributed by atoms with Crippen molar-refractivity contribution in [3.05, 3.63) is 51.9 Å². The first kappa shape index (κ1) is 15.9. The third-order valence-electron chi connectivity index (χ3n) is 5.53. The van der Waals surface area contributed by atoms with Gasteiger partial charge in [-0.05, 0) is 54.2 Å². The Balaban J connectivity index is 1.78. The second-order valence-corrected chi connectivity index (χ2v) is 7.34. The highest BCUT2D eigenvalue weighted by Gasteiger charge is 2.35. The van der Waals surface area contributed by atoms with Crippen LogP contribution in [0.5, 0.6) is 5.75 Å². The molecule has 3 heterocycles. The van der Waals surface area contributed by atoms with Crippen molar-refractivity contribution in [2.75, 3.05) is 13.1 Å². The maximum atomic E-state index is 12.7. The van der Waals surface area contributed by atoms with Crippen molar-refractivity contribution in [1.82, 2.24) is 9.47 Å². The fourth-order valence-corrected chi connectivity index (χ4v) is 4.22. The molecule has 1 aromatic carbocycles. The van der Waals surface area contributed by atoms with Crippen molar-refractivity contribution in [2.45, 2.75) is 32.7 Å². The molecule has 5 heteroatoms. The van der Waals surface area contributed by atoms with Crippen LogP contribution in [0.1, 0.15) is 30.5 Å². The van der Waals surface area contributed by atoms with Gasteiger partial charge in [0.2, 0.25) is 5.91 Å². The summed E-state index contributed by atoms with van der Waals surface area (Å²) in [6, 6.07) is 9.16. The number of fused-ring (bicyclic) bond motifs is 4. The van der Waals surface area contributed by atoms with Crippen LogP contribution < -0.4 is 5.56 Å². The summed E-state index contributed by atoms with van der Waals surface area (Å²) in [5.41, 5.74) is 3.63. The first-order valence-electron chi connectivity index (χ1n) is 8.72. The van der Waals surface area contributed by atoms with Gasteiger partial charge in [0, 0.05) is 44.2 Å². The molecular formula is C20H22N2O3. The molecular weight excluding hydrogens is 316 g/mol. The number of hydrogen-bond donors (Lipinski definition) is 1. The largest absolute Gasteiger partial charge is 0.508 e. The Bertz CT molecular complexity index is 916. The van der Waals surface area contributed by atoms with Gasteiger partial charge in [-0.1, -0.05) is 6.07 Å². The van der Waals surface area contributed by atoms with E-state index in [2.05, 4.69) is 6.07 Å². The van der Waals surface area contributed by atoms with Crippen LogP contribution in [-0.2, 0) is 11.3 Å². The number of amides is 1. The van der Waals surface area contributed by atoms with E-state index in [1.165, 1.54) is 0 Å². The number of phenols is 1. The summed E-state index contributed by atoms with van der Waals surface area (Å²) in [5.74, 6) is 0.929. The molecule has 2 aliphatic heterocycles. The van der Waals surface area contributed by atoms with Crippen LogP contribution in [-0.4, -0.2) is 33.6 Å². The van der Waals surface area contributed by atoms with Crippen LogP contribution in [0.4, 0.5) is 0 Å². The van der Waals surface area contributed by atoms with Crippen molar-refractivity contribution < 1.29 is 9.90 Å². The van der Waals surface area contributed by atoms with E-state index in [0.29, 0.717) is 19.0 Å². The fraction of sp³-hybridized carbons (Fsp3) is 0.400. The molecule has 130 valence electrons. The van der Waals surface area contributed by atoms with E-state index in [4.69, 9.17) is 0 Å². The molecule has 1 aromatic heterocycles. The van der Waals surface area contributed by atoms with Crippen LogP contribution in [0, 0.1) is 12.8 Å². The quantitative estimate of drug-likeness (QED) is 0.869. The molecule has 0 radical (unpaired) electrons. The maximum absolute atomic E-state index is 12.7. The first-order chi connectivity index (χ1) is 11.9. The summed E-state index contributed by atoms with van der Waals surface area (Å²) in [6.07, 6.45) is 1.03. The lowest BCUT2D eigenvalue weighted by Gasteiger charge is -2.42. The second-order valence-electron chi connectivity index (χ2n) is 7.34. The van der Waals surface area contributed by atoms with Gasteiger partial charge in [0.15, 0.2) is 0 Å². The van der Waals surface area contributed by atoms with Crippen molar-refractivity contribution in [2.24, 2.45) is 5.92 Å². The predicted octanol–water partition coefficient (Wildman–Crippen LogP) is 2.49. The van der Waals surface area contributed by atoms with Crippen LogP contribution in [0.25, 0.3) is 11.1 Å². The van der Waals surface area contributed by atoms with E-state index in [0.717, 1.165) is 35.3 Å². The summed E-state index contributed by atoms with van der Waals surface area (Å²) >= 11 is 0. The van der Waals surface area contributed by atoms with E-state index in [9.17, 15) is 14.7 Å². The number of pyridine rings is 1. The standard InChI is InChI=1S/C20H22N2O3/c1-12-5-15(3-4-19(12)24)16-7-18-17-6-14(9-21(11-17)13(2)23)10-22(18)20(25)8-16/h3-5,7-8,14,17,24H,6,9-11H2,1-2H3/t14-,17+/m0/s1. The molecule has 25 heavy (non-hydrogen) atoms. The van der Waals surface area contributed by atoms with E-state index < -0.39 is 0 Å². The molecule has 1 N–H and O–H groups in total. The van der Waals surface area contributed by atoms with Gasteiger partial charge in [0.25, 0.3) is 5.56 Å². The molecule has 2 aliphatic rings. The molecule has 0 saturated carbocycles. The average molecular weight is 338 g/mol. The Kier molecular flexibility index (Phi) is 3.67. The van der Waals surface area contributed by atoms with Gasteiger partial charge in [-0.25, -0.2) is 0 Å². The van der Waals surface area contributed by atoms with Gasteiger partial charge in [-0.3, -0.25) is 9.59 Å². The Hall–Kier alpha value is -2.56. The van der Waals surface area contributed by atoms with Crippen LogP contribution in [0.2, 0.25) is 0 Å². The molecule has 0 unspecified atom stereocenters. The second kappa shape index (κ2) is 5.76. The van der Waals surface area contributed by atoms with Crippen LogP contribution >= 0.6 is 0 Å². The molecule has 0 aliphatic carbocycles. The maximum Gasteiger partial charge on any atom is 0.251 e. The van der Waals surface area contributed by atoms with Crippen molar-refractivity contribution in [1.29, 1.82) is 0 Å². The van der Waals surface area contributed by atoms with Crippen molar-refractivity contribution in [3.8, 4) is 16.9 Å². The Labute approximate surface area is 146 Å². The highest BCUT2D eigenvalue weighted by Crippen LogP contribution is 2.36. The number of aromatic nitrogens is 1. The molecule has 2 atom stereocenters. The van der Waals surface area contributed by atoms with E-state index >= 15 is 0 Å². The zero-order valence-electron chi connectivity index (χ0n) is 14.5. The Morgan fingerprint density at radius 3 is 2.64 bits per heavy atom. The molecule has 1 amide bonds. The number of piperidine rings is 1. The van der Waals surface area contributed by atoms with E-state index in [1.807, 2.05) is 28.5 Å². The van der Waals surface area contributed by atoms with Crippen LogP contribution in [0.15, 0.2) is 35.1 Å². The zero-order chi connectivity index (χ0) is 17.7. The number of nitrogens with zero attached hydrogens (tertiary/aromatic N) is 2. The summed E-state index contributed by atoms with van der Waals surface area (Å²) in [6.45, 7) is 5.58.